The molecule has 0 bridgehead atoms. The molecule has 4 nitrogen and oxygen atoms in total. The van der Waals surface area contributed by atoms with E-state index in [4.69, 9.17) is 0 Å². The normalized spacial score (nSPS) is 15.1. The lowest BCUT2D eigenvalue weighted by Crippen LogP contribution is -2.24. The van der Waals surface area contributed by atoms with E-state index < -0.39 is 0 Å². The smallest absolute Gasteiger partial charge is 0.223 e. The van der Waals surface area contributed by atoms with Gasteiger partial charge in [0.15, 0.2) is 0 Å². The fraction of sp³-hybridized carbons (Fsp3) is 0.385. The first-order chi connectivity index (χ1) is 8.24. The van der Waals surface area contributed by atoms with Crippen molar-refractivity contribution in [2.45, 2.75) is 26.3 Å². The Hall–Kier alpha value is -1.84. The molecule has 0 aliphatic heterocycles. The van der Waals surface area contributed by atoms with Crippen molar-refractivity contribution in [3.63, 3.8) is 0 Å². The van der Waals surface area contributed by atoms with Gasteiger partial charge in [0, 0.05) is 18.3 Å². The van der Waals surface area contributed by atoms with Crippen LogP contribution in [0.4, 0.5) is 0 Å². The summed E-state index contributed by atoms with van der Waals surface area (Å²) in [5.41, 5.74) is 3.02. The van der Waals surface area contributed by atoms with Gasteiger partial charge in [0.05, 0.1) is 12.2 Å². The van der Waals surface area contributed by atoms with Crippen molar-refractivity contribution in [2.75, 3.05) is 0 Å². The standard InChI is InChI=1S/C13H15N3O/c1-9-3-2-6-16-8-11(15-12(9)16)7-14-13(17)10-4-5-10/h2-3,6,8,10H,4-5,7H2,1H3,(H,14,17). The van der Waals surface area contributed by atoms with Crippen molar-refractivity contribution in [3.8, 4) is 0 Å². The van der Waals surface area contributed by atoms with Crippen LogP contribution in [-0.2, 0) is 11.3 Å². The van der Waals surface area contributed by atoms with Crippen LogP contribution in [0, 0.1) is 12.8 Å². The van der Waals surface area contributed by atoms with E-state index in [1.54, 1.807) is 0 Å². The maximum atomic E-state index is 11.5. The first kappa shape index (κ1) is 10.3. The molecule has 1 fully saturated rings. The number of fused-ring (bicyclic) bond motifs is 1. The number of aryl methyl sites for hydroxylation is 1. The Morgan fingerprint density at radius 1 is 1.59 bits per heavy atom. The summed E-state index contributed by atoms with van der Waals surface area (Å²) in [5.74, 6) is 0.424. The van der Waals surface area contributed by atoms with Crippen molar-refractivity contribution in [2.24, 2.45) is 5.92 Å². The molecule has 0 unspecified atom stereocenters. The highest BCUT2D eigenvalue weighted by molar-refractivity contribution is 5.80. The second kappa shape index (κ2) is 3.87. The summed E-state index contributed by atoms with van der Waals surface area (Å²) in [6, 6.07) is 4.03. The lowest BCUT2D eigenvalue weighted by atomic mass is 10.3. The zero-order valence-corrected chi connectivity index (χ0v) is 9.81. The van der Waals surface area contributed by atoms with Crippen molar-refractivity contribution >= 4 is 11.6 Å². The van der Waals surface area contributed by atoms with Gasteiger partial charge in [-0.1, -0.05) is 6.07 Å². The van der Waals surface area contributed by atoms with Gasteiger partial charge >= 0.3 is 0 Å². The number of rotatable bonds is 3. The molecule has 88 valence electrons. The highest BCUT2D eigenvalue weighted by atomic mass is 16.2. The van der Waals surface area contributed by atoms with Crippen LogP contribution < -0.4 is 5.32 Å². The van der Waals surface area contributed by atoms with Crippen molar-refractivity contribution in [3.05, 3.63) is 35.8 Å². The lowest BCUT2D eigenvalue weighted by Gasteiger charge is -1.99. The van der Waals surface area contributed by atoms with Crippen molar-refractivity contribution in [1.82, 2.24) is 14.7 Å². The third kappa shape index (κ3) is 2.02. The van der Waals surface area contributed by atoms with E-state index in [0.29, 0.717) is 6.54 Å². The van der Waals surface area contributed by atoms with Gasteiger partial charge < -0.3 is 9.72 Å². The molecule has 0 saturated heterocycles. The second-order valence-corrected chi connectivity index (χ2v) is 4.65. The fourth-order valence-electron chi connectivity index (χ4n) is 1.96. The Morgan fingerprint density at radius 2 is 2.41 bits per heavy atom. The molecule has 1 N–H and O–H groups in total. The molecule has 0 radical (unpaired) electrons. The molecule has 1 amide bonds. The summed E-state index contributed by atoms with van der Waals surface area (Å²) in [6.07, 6.45) is 6.02. The second-order valence-electron chi connectivity index (χ2n) is 4.65. The summed E-state index contributed by atoms with van der Waals surface area (Å²) in [7, 11) is 0. The molecule has 1 aliphatic carbocycles. The highest BCUT2D eigenvalue weighted by Gasteiger charge is 2.29. The number of hydrogen-bond acceptors (Lipinski definition) is 2. The van der Waals surface area contributed by atoms with Crippen LogP contribution in [0.25, 0.3) is 5.65 Å². The zero-order valence-electron chi connectivity index (χ0n) is 9.81. The molecule has 0 atom stereocenters. The SMILES string of the molecule is Cc1cccn2cc(CNC(=O)C3CC3)nc12. The van der Waals surface area contributed by atoms with Crippen molar-refractivity contribution < 1.29 is 4.79 Å². The lowest BCUT2D eigenvalue weighted by molar-refractivity contribution is -0.122. The summed E-state index contributed by atoms with van der Waals surface area (Å²) in [6.45, 7) is 2.56. The van der Waals surface area contributed by atoms with E-state index in [9.17, 15) is 4.79 Å². The number of nitrogens with zero attached hydrogens (tertiary/aromatic N) is 2. The number of carbonyl (C=O) groups is 1. The zero-order chi connectivity index (χ0) is 11.8. The monoisotopic (exact) mass is 229 g/mol. The van der Waals surface area contributed by atoms with Gasteiger partial charge in [-0.3, -0.25) is 4.79 Å². The van der Waals surface area contributed by atoms with Crippen LogP contribution in [0.1, 0.15) is 24.1 Å². The Bertz CT molecular complexity index is 569. The first-order valence-corrected chi connectivity index (χ1v) is 5.95. The minimum atomic E-state index is 0.166. The number of amides is 1. The van der Waals surface area contributed by atoms with Gasteiger partial charge in [-0.2, -0.15) is 0 Å². The van der Waals surface area contributed by atoms with E-state index in [2.05, 4.69) is 10.3 Å². The van der Waals surface area contributed by atoms with Gasteiger partial charge in [-0.25, -0.2) is 4.98 Å². The number of pyridine rings is 1. The summed E-state index contributed by atoms with van der Waals surface area (Å²) >= 11 is 0. The van der Waals surface area contributed by atoms with E-state index in [-0.39, 0.29) is 11.8 Å². The quantitative estimate of drug-likeness (QED) is 0.870. The molecule has 2 heterocycles. The molecule has 2 aromatic rings. The van der Waals surface area contributed by atoms with Crippen molar-refractivity contribution in [1.29, 1.82) is 0 Å². The number of carbonyl (C=O) groups excluding carboxylic acids is 1. The van der Waals surface area contributed by atoms with Crippen LogP contribution in [0.3, 0.4) is 0 Å². The molecule has 0 spiro atoms. The minimum Gasteiger partial charge on any atom is -0.350 e. The molecular formula is C13H15N3O. The number of nitrogens with one attached hydrogen (secondary N) is 1. The number of hydrogen-bond donors (Lipinski definition) is 1. The van der Waals surface area contributed by atoms with Gasteiger partial charge in [-0.05, 0) is 31.4 Å². The van der Waals surface area contributed by atoms with E-state index in [0.717, 1.165) is 29.7 Å². The molecule has 1 aliphatic rings. The molecule has 3 rings (SSSR count). The Morgan fingerprint density at radius 3 is 3.12 bits per heavy atom. The highest BCUT2D eigenvalue weighted by Crippen LogP contribution is 2.28. The van der Waals surface area contributed by atoms with Gasteiger partial charge in [0.25, 0.3) is 0 Å². The largest absolute Gasteiger partial charge is 0.350 e. The molecular weight excluding hydrogens is 214 g/mol. The Labute approximate surface area is 99.7 Å². The predicted octanol–water partition coefficient (Wildman–Crippen LogP) is 1.67. The van der Waals surface area contributed by atoms with E-state index >= 15 is 0 Å². The third-order valence-corrected chi connectivity index (χ3v) is 3.12. The summed E-state index contributed by atoms with van der Waals surface area (Å²) in [5, 5.41) is 2.93. The molecule has 4 heteroatoms. The van der Waals surface area contributed by atoms with Crippen LogP contribution >= 0.6 is 0 Å². The average molecular weight is 229 g/mol. The number of imidazole rings is 1. The summed E-state index contributed by atoms with van der Waals surface area (Å²) < 4.78 is 1.99. The van der Waals surface area contributed by atoms with Crippen LogP contribution in [0.2, 0.25) is 0 Å². The van der Waals surface area contributed by atoms with Crippen LogP contribution in [0.5, 0.6) is 0 Å². The average Bonchev–Trinajstić information content (AvgIpc) is 3.07. The topological polar surface area (TPSA) is 46.4 Å². The Balaban J connectivity index is 1.76. The van der Waals surface area contributed by atoms with E-state index in [1.807, 2.05) is 35.9 Å². The third-order valence-electron chi connectivity index (χ3n) is 3.12. The Kier molecular flexibility index (Phi) is 2.35. The molecule has 0 aromatic carbocycles. The summed E-state index contributed by atoms with van der Waals surface area (Å²) in [4.78, 5) is 16.0. The fourth-order valence-corrected chi connectivity index (χ4v) is 1.96. The predicted molar refractivity (Wildman–Crippen MR) is 64.5 cm³/mol. The van der Waals surface area contributed by atoms with Crippen LogP contribution in [-0.4, -0.2) is 15.3 Å². The molecule has 17 heavy (non-hydrogen) atoms. The molecule has 1 saturated carbocycles. The van der Waals surface area contributed by atoms with Gasteiger partial charge in [-0.15, -0.1) is 0 Å². The first-order valence-electron chi connectivity index (χ1n) is 5.95. The van der Waals surface area contributed by atoms with Gasteiger partial charge in [0.1, 0.15) is 5.65 Å². The maximum absolute atomic E-state index is 11.5. The van der Waals surface area contributed by atoms with E-state index in [1.165, 1.54) is 0 Å². The van der Waals surface area contributed by atoms with Crippen LogP contribution in [0.15, 0.2) is 24.5 Å². The molecule has 2 aromatic heterocycles. The van der Waals surface area contributed by atoms with Gasteiger partial charge in [0.2, 0.25) is 5.91 Å². The number of aromatic nitrogens is 2. The maximum Gasteiger partial charge on any atom is 0.223 e. The minimum absolute atomic E-state index is 0.166.